The van der Waals surface area contributed by atoms with Gasteiger partial charge in [-0.2, -0.15) is 0 Å². The Bertz CT molecular complexity index is 1980. The van der Waals surface area contributed by atoms with Gasteiger partial charge in [0.2, 0.25) is 11.8 Å². The molecule has 2 fully saturated rings. The lowest BCUT2D eigenvalue weighted by Crippen LogP contribution is -2.59. The number of nitrogens with one attached hydrogen (secondary N) is 3. The van der Waals surface area contributed by atoms with Crippen molar-refractivity contribution in [2.24, 2.45) is 16.7 Å². The van der Waals surface area contributed by atoms with Crippen molar-refractivity contribution in [3.63, 3.8) is 0 Å². The van der Waals surface area contributed by atoms with Crippen molar-refractivity contribution < 1.29 is 33.8 Å². The van der Waals surface area contributed by atoms with Crippen molar-refractivity contribution in [1.82, 2.24) is 24.8 Å². The van der Waals surface area contributed by atoms with Crippen LogP contribution in [0.3, 0.4) is 0 Å². The fraction of sp³-hybridized carbons (Fsp3) is 0.477. The first-order valence-corrected chi connectivity index (χ1v) is 20.6. The molecule has 3 aromatic rings. The van der Waals surface area contributed by atoms with Gasteiger partial charge in [-0.1, -0.05) is 90.1 Å². The third-order valence-corrected chi connectivity index (χ3v) is 11.7. The first kappa shape index (κ1) is 43.1. The molecule has 0 spiro atoms. The zero-order chi connectivity index (χ0) is 41.5. The molecule has 57 heavy (non-hydrogen) atoms. The summed E-state index contributed by atoms with van der Waals surface area (Å²) in [4.78, 5) is 67.7. The molecule has 4 atom stereocenters. The molecule has 4 amide bonds. The largest absolute Gasteiger partial charge is 0.477 e. The maximum atomic E-state index is 14.1. The van der Waals surface area contributed by atoms with E-state index in [0.717, 1.165) is 35.0 Å². The second-order valence-electron chi connectivity index (χ2n) is 17.0. The number of carbonyl (C=O) groups excluding carboxylic acids is 4. The van der Waals surface area contributed by atoms with Crippen LogP contribution in [0.5, 0.6) is 0 Å². The van der Waals surface area contributed by atoms with Gasteiger partial charge in [0.1, 0.15) is 23.8 Å². The Hall–Kier alpha value is -5.04. The SMILES string of the molecule is C=C[C@H](C)C(NC(=O)C1CCCN1C(=O)[C@@H](NC(=O)OCC(C)(C)CC/C=C/c1cccc2c1cc(C(=O)O)n2-c1ccccc1)C(C)(C)C)C(=O)NSC1CC1. The second-order valence-corrected chi connectivity index (χ2v) is 18.1. The van der Waals surface area contributed by atoms with Crippen molar-refractivity contribution in [3.05, 3.63) is 84.6 Å². The molecule has 306 valence electrons. The maximum absolute atomic E-state index is 14.1. The highest BCUT2D eigenvalue weighted by Gasteiger charge is 2.43. The number of carboxylic acids is 1. The van der Waals surface area contributed by atoms with Crippen molar-refractivity contribution in [2.75, 3.05) is 13.2 Å². The summed E-state index contributed by atoms with van der Waals surface area (Å²) in [5, 5.41) is 16.9. The van der Waals surface area contributed by atoms with E-state index in [4.69, 9.17) is 4.74 Å². The summed E-state index contributed by atoms with van der Waals surface area (Å²) in [7, 11) is 0. The summed E-state index contributed by atoms with van der Waals surface area (Å²) in [5.74, 6) is -2.44. The molecule has 1 aliphatic carbocycles. The molecule has 1 saturated carbocycles. The molecule has 1 aromatic heterocycles. The standard InChI is InChI=1S/C44H57N5O7S/c1-8-28(2)36(39(51)47-57-31-22-23-31)45-38(50)34-21-15-25-48(34)40(52)37(43(3,4)5)46-42(55)56-27-44(6,7)24-13-12-16-29-17-14-20-33-32(29)26-35(41(53)54)49(33)30-18-10-9-11-19-30/h8-12,14,16-20,26,28,31,34,36-37H,1,13,15,21-25,27H2,2-7H3,(H,45,50)(H,46,55)(H,47,51)(H,53,54)/b16-12+/t28-,34?,36?,37+/m0/s1. The highest BCUT2D eigenvalue weighted by molar-refractivity contribution is 7.98. The number of hydrogen-bond donors (Lipinski definition) is 4. The number of nitrogens with zero attached hydrogens (tertiary/aromatic N) is 2. The molecule has 1 saturated heterocycles. The zero-order valence-corrected chi connectivity index (χ0v) is 34.7. The summed E-state index contributed by atoms with van der Waals surface area (Å²) < 4.78 is 10.3. The molecule has 12 nitrogen and oxygen atoms in total. The van der Waals surface area contributed by atoms with E-state index in [2.05, 4.69) is 21.9 Å². The number of rotatable bonds is 17. The Morgan fingerprint density at radius 3 is 2.37 bits per heavy atom. The van der Waals surface area contributed by atoms with Crippen molar-refractivity contribution >= 4 is 58.7 Å². The van der Waals surface area contributed by atoms with Gasteiger partial charge in [0.15, 0.2) is 0 Å². The van der Waals surface area contributed by atoms with Crippen LogP contribution in [0.25, 0.3) is 22.7 Å². The van der Waals surface area contributed by atoms with E-state index in [-0.39, 0.29) is 30.0 Å². The monoisotopic (exact) mass is 799 g/mol. The van der Waals surface area contributed by atoms with Crippen molar-refractivity contribution in [3.8, 4) is 5.69 Å². The lowest BCUT2D eigenvalue weighted by molar-refractivity contribution is -0.142. The zero-order valence-electron chi connectivity index (χ0n) is 33.9. The van der Waals surface area contributed by atoms with Crippen LogP contribution in [-0.4, -0.2) is 80.9 Å². The Balaban J connectivity index is 1.17. The van der Waals surface area contributed by atoms with Gasteiger partial charge >= 0.3 is 12.1 Å². The minimum Gasteiger partial charge on any atom is -0.477 e. The minimum absolute atomic E-state index is 0.105. The molecule has 2 aromatic carbocycles. The molecule has 2 heterocycles. The van der Waals surface area contributed by atoms with Gasteiger partial charge in [0.05, 0.1) is 12.1 Å². The maximum Gasteiger partial charge on any atom is 0.407 e. The van der Waals surface area contributed by atoms with E-state index in [1.807, 2.05) is 102 Å². The first-order valence-electron chi connectivity index (χ1n) is 19.7. The molecule has 5 rings (SSSR count). The van der Waals surface area contributed by atoms with Gasteiger partial charge in [-0.25, -0.2) is 9.59 Å². The molecule has 0 bridgehead atoms. The molecule has 13 heteroatoms. The van der Waals surface area contributed by atoms with Gasteiger partial charge in [0.25, 0.3) is 5.91 Å². The average Bonchev–Trinajstić information content (AvgIpc) is 3.71. The van der Waals surface area contributed by atoms with Crippen LogP contribution in [0, 0.1) is 16.7 Å². The number of amides is 4. The average molecular weight is 800 g/mol. The number of benzene rings is 2. The Morgan fingerprint density at radius 1 is 1.00 bits per heavy atom. The highest BCUT2D eigenvalue weighted by Crippen LogP contribution is 2.33. The van der Waals surface area contributed by atoms with Crippen LogP contribution in [0.15, 0.2) is 73.3 Å². The van der Waals surface area contributed by atoms with E-state index in [1.54, 1.807) is 16.7 Å². The highest BCUT2D eigenvalue weighted by atomic mass is 32.2. The lowest BCUT2D eigenvalue weighted by atomic mass is 9.85. The van der Waals surface area contributed by atoms with E-state index >= 15 is 0 Å². The summed E-state index contributed by atoms with van der Waals surface area (Å²) >= 11 is 1.37. The molecule has 0 radical (unpaired) electrons. The van der Waals surface area contributed by atoms with E-state index in [9.17, 15) is 29.1 Å². The van der Waals surface area contributed by atoms with Crippen LogP contribution >= 0.6 is 11.9 Å². The summed E-state index contributed by atoms with van der Waals surface area (Å²) in [6, 6.07) is 14.3. The summed E-state index contributed by atoms with van der Waals surface area (Å²) in [5.41, 5.74) is 1.55. The lowest BCUT2D eigenvalue weighted by Gasteiger charge is -2.35. The Labute approximate surface area is 340 Å². The number of aromatic nitrogens is 1. The number of allylic oxidation sites excluding steroid dienone is 1. The van der Waals surface area contributed by atoms with Crippen LogP contribution in [0.1, 0.15) is 96.1 Å². The predicted octanol–water partition coefficient (Wildman–Crippen LogP) is 7.51. The second kappa shape index (κ2) is 18.5. The van der Waals surface area contributed by atoms with E-state index < -0.39 is 46.9 Å². The molecule has 2 aliphatic rings. The number of carbonyl (C=O) groups is 5. The number of aromatic carboxylic acids is 1. The van der Waals surface area contributed by atoms with E-state index in [1.165, 1.54) is 16.8 Å². The summed E-state index contributed by atoms with van der Waals surface area (Å²) in [6.45, 7) is 15.6. The van der Waals surface area contributed by atoms with Gasteiger partial charge in [0, 0.05) is 28.8 Å². The fourth-order valence-electron chi connectivity index (χ4n) is 6.92. The first-order chi connectivity index (χ1) is 27.0. The van der Waals surface area contributed by atoms with E-state index in [0.29, 0.717) is 37.5 Å². The van der Waals surface area contributed by atoms with Crippen LogP contribution in [0.4, 0.5) is 4.79 Å². The fourth-order valence-corrected chi connectivity index (χ4v) is 7.70. The van der Waals surface area contributed by atoms with Gasteiger partial charge in [-0.05, 0) is 91.1 Å². The van der Waals surface area contributed by atoms with Crippen molar-refractivity contribution in [1.29, 1.82) is 0 Å². The molecule has 4 N–H and O–H groups in total. The number of likely N-dealkylation sites (tertiary alicyclic amines) is 1. The number of fused-ring (bicyclic) bond motifs is 1. The molecular weight excluding hydrogens is 743 g/mol. The number of alkyl carbamates (subject to hydrolysis) is 1. The van der Waals surface area contributed by atoms with Gasteiger partial charge in [-0.3, -0.25) is 19.1 Å². The third kappa shape index (κ3) is 11.1. The van der Waals surface area contributed by atoms with Crippen LogP contribution < -0.4 is 15.4 Å². The number of para-hydroxylation sites is 1. The predicted molar refractivity (Wildman–Crippen MR) is 225 cm³/mol. The molecular formula is C44H57N5O7S. The number of ether oxygens (including phenoxy) is 1. The number of carboxylic acid groups (broad SMARTS) is 1. The molecule has 2 unspecified atom stereocenters. The van der Waals surface area contributed by atoms with Crippen LogP contribution in [0.2, 0.25) is 0 Å². The topological polar surface area (TPSA) is 159 Å². The Kier molecular flexibility index (Phi) is 14.0. The van der Waals surface area contributed by atoms with Crippen molar-refractivity contribution in [2.45, 2.75) is 103 Å². The summed E-state index contributed by atoms with van der Waals surface area (Å²) in [6.07, 6.45) is 9.44. The molecule has 1 aliphatic heterocycles. The quantitative estimate of drug-likeness (QED) is 0.0807. The minimum atomic E-state index is -1.01. The third-order valence-electron chi connectivity index (χ3n) is 10.5. The Morgan fingerprint density at radius 2 is 1.72 bits per heavy atom. The normalized spacial score (nSPS) is 17.5. The number of hydrogen-bond acceptors (Lipinski definition) is 7. The van der Waals surface area contributed by atoms with Gasteiger partial charge < -0.3 is 29.9 Å². The van der Waals surface area contributed by atoms with Crippen LogP contribution in [-0.2, 0) is 19.1 Å². The van der Waals surface area contributed by atoms with Gasteiger partial charge in [-0.15, -0.1) is 6.58 Å². The smallest absolute Gasteiger partial charge is 0.407 e.